The summed E-state index contributed by atoms with van der Waals surface area (Å²) in [5.74, 6) is 0.0662. The molecule has 1 N–H and O–H groups in total. The monoisotopic (exact) mass is 328 g/mol. The van der Waals surface area contributed by atoms with Crippen molar-refractivity contribution in [1.82, 2.24) is 5.32 Å². The largest absolute Gasteiger partial charge is 0.494 e. The van der Waals surface area contributed by atoms with E-state index in [4.69, 9.17) is 4.74 Å². The van der Waals surface area contributed by atoms with Crippen molar-refractivity contribution in [2.24, 2.45) is 0 Å². The summed E-state index contributed by atoms with van der Waals surface area (Å²) >= 11 is 0. The van der Waals surface area contributed by atoms with Gasteiger partial charge in [0.2, 0.25) is 0 Å². The molecule has 2 unspecified atom stereocenters. The maximum atomic E-state index is 13.8. The van der Waals surface area contributed by atoms with E-state index in [-0.39, 0.29) is 17.8 Å². The number of nitrogens with zero attached hydrogens (tertiary/aromatic N) is 1. The number of nitrogens with one attached hydrogen (secondary N) is 1. The molecule has 2 aromatic carbocycles. The fourth-order valence-electron chi connectivity index (χ4n) is 3.11. The minimum Gasteiger partial charge on any atom is -0.494 e. The van der Waals surface area contributed by atoms with Crippen molar-refractivity contribution in [2.45, 2.75) is 25.8 Å². The van der Waals surface area contributed by atoms with Gasteiger partial charge < -0.3 is 10.1 Å². The third kappa shape index (κ3) is 2.94. The molecule has 2 amide bonds. The van der Waals surface area contributed by atoms with E-state index in [9.17, 15) is 9.18 Å². The van der Waals surface area contributed by atoms with E-state index in [1.165, 1.54) is 18.7 Å². The fourth-order valence-corrected chi connectivity index (χ4v) is 3.11. The van der Waals surface area contributed by atoms with Crippen LogP contribution in [-0.2, 0) is 0 Å². The summed E-state index contributed by atoms with van der Waals surface area (Å²) in [6.45, 7) is 4.59. The van der Waals surface area contributed by atoms with E-state index in [1.807, 2.05) is 25.1 Å². The van der Waals surface area contributed by atoms with Crippen molar-refractivity contribution in [3.8, 4) is 5.75 Å². The molecule has 0 saturated heterocycles. The standard InChI is InChI=1S/C19H21FN2O2/c1-12-11-22(17-7-5-4-6-15(12)17)19(23)21-13(2)14-8-9-18(24-3)16(20)10-14/h4-10,12-13H,11H2,1-3H3,(H,21,23). The van der Waals surface area contributed by atoms with E-state index in [0.29, 0.717) is 18.0 Å². The zero-order valence-electron chi connectivity index (χ0n) is 14.0. The van der Waals surface area contributed by atoms with Gasteiger partial charge in [0.15, 0.2) is 11.6 Å². The number of rotatable bonds is 3. The van der Waals surface area contributed by atoms with Gasteiger partial charge in [-0.1, -0.05) is 31.2 Å². The predicted molar refractivity (Wildman–Crippen MR) is 92.1 cm³/mol. The van der Waals surface area contributed by atoms with Crippen LogP contribution in [0, 0.1) is 5.82 Å². The maximum absolute atomic E-state index is 13.8. The summed E-state index contributed by atoms with van der Waals surface area (Å²) in [5.41, 5.74) is 2.81. The summed E-state index contributed by atoms with van der Waals surface area (Å²) in [6.07, 6.45) is 0. The molecule has 0 aliphatic carbocycles. The highest BCUT2D eigenvalue weighted by Crippen LogP contribution is 2.35. The van der Waals surface area contributed by atoms with Crippen LogP contribution in [0.5, 0.6) is 5.75 Å². The predicted octanol–water partition coefficient (Wildman–Crippen LogP) is 4.23. The van der Waals surface area contributed by atoms with Crippen molar-refractivity contribution >= 4 is 11.7 Å². The Hall–Kier alpha value is -2.56. The summed E-state index contributed by atoms with van der Waals surface area (Å²) < 4.78 is 18.8. The number of urea groups is 1. The lowest BCUT2D eigenvalue weighted by Gasteiger charge is -2.22. The topological polar surface area (TPSA) is 41.6 Å². The molecule has 4 nitrogen and oxygen atoms in total. The summed E-state index contributed by atoms with van der Waals surface area (Å²) in [6, 6.07) is 12.2. The number of ether oxygens (including phenoxy) is 1. The third-order valence-corrected chi connectivity index (χ3v) is 4.48. The van der Waals surface area contributed by atoms with Crippen molar-refractivity contribution < 1.29 is 13.9 Å². The van der Waals surface area contributed by atoms with Gasteiger partial charge in [-0.2, -0.15) is 0 Å². The van der Waals surface area contributed by atoms with Gasteiger partial charge in [0.1, 0.15) is 0 Å². The van der Waals surface area contributed by atoms with Crippen LogP contribution in [0.15, 0.2) is 42.5 Å². The van der Waals surface area contributed by atoms with Crippen molar-refractivity contribution in [1.29, 1.82) is 0 Å². The summed E-state index contributed by atoms with van der Waals surface area (Å²) in [4.78, 5) is 14.4. The van der Waals surface area contributed by atoms with Crippen LogP contribution >= 0.6 is 0 Å². The minimum atomic E-state index is -0.434. The quantitative estimate of drug-likeness (QED) is 0.916. The number of fused-ring (bicyclic) bond motifs is 1. The number of halogens is 1. The van der Waals surface area contributed by atoms with E-state index in [0.717, 1.165) is 5.69 Å². The van der Waals surface area contributed by atoms with Crippen LogP contribution in [0.2, 0.25) is 0 Å². The fraction of sp³-hybridized carbons (Fsp3) is 0.316. The second-order valence-corrected chi connectivity index (χ2v) is 6.14. The van der Waals surface area contributed by atoms with Gasteiger partial charge in [-0.15, -0.1) is 0 Å². The molecule has 1 aliphatic rings. The Bertz CT molecular complexity index is 763. The molecule has 0 spiro atoms. The Labute approximate surface area is 141 Å². The zero-order valence-corrected chi connectivity index (χ0v) is 14.0. The Morgan fingerprint density at radius 3 is 2.79 bits per heavy atom. The van der Waals surface area contributed by atoms with Gasteiger partial charge in [-0.05, 0) is 36.2 Å². The first-order valence-electron chi connectivity index (χ1n) is 8.01. The summed E-state index contributed by atoms with van der Waals surface area (Å²) in [7, 11) is 1.43. The number of carbonyl (C=O) groups excluding carboxylic acids is 1. The SMILES string of the molecule is COc1ccc(C(C)NC(=O)N2CC(C)c3ccccc32)cc1F. The van der Waals surface area contributed by atoms with Crippen molar-refractivity contribution in [3.63, 3.8) is 0 Å². The molecular formula is C19H21FN2O2. The molecule has 126 valence electrons. The van der Waals surface area contributed by atoms with Crippen LogP contribution in [0.1, 0.15) is 36.9 Å². The smallest absolute Gasteiger partial charge is 0.322 e. The lowest BCUT2D eigenvalue weighted by atomic mass is 10.0. The number of anilines is 1. The molecule has 24 heavy (non-hydrogen) atoms. The molecule has 1 heterocycles. The lowest BCUT2D eigenvalue weighted by molar-refractivity contribution is 0.243. The van der Waals surface area contributed by atoms with Crippen LogP contribution in [0.25, 0.3) is 0 Å². The molecule has 0 radical (unpaired) electrons. The van der Waals surface area contributed by atoms with Crippen LogP contribution in [0.3, 0.4) is 0 Å². The molecule has 0 aromatic heterocycles. The molecule has 2 atom stereocenters. The van der Waals surface area contributed by atoms with Crippen LogP contribution in [-0.4, -0.2) is 19.7 Å². The maximum Gasteiger partial charge on any atom is 0.322 e. The third-order valence-electron chi connectivity index (χ3n) is 4.48. The van der Waals surface area contributed by atoms with Crippen molar-refractivity contribution in [2.75, 3.05) is 18.6 Å². The van der Waals surface area contributed by atoms with E-state index in [1.54, 1.807) is 17.0 Å². The van der Waals surface area contributed by atoms with Gasteiger partial charge >= 0.3 is 6.03 Å². The number of benzene rings is 2. The molecule has 0 saturated carbocycles. The Balaban J connectivity index is 1.74. The van der Waals surface area contributed by atoms with Gasteiger partial charge in [0.25, 0.3) is 0 Å². The number of para-hydroxylation sites is 1. The molecule has 5 heteroatoms. The average Bonchev–Trinajstić information content (AvgIpc) is 2.92. The first-order valence-corrected chi connectivity index (χ1v) is 8.01. The molecule has 2 aromatic rings. The lowest BCUT2D eigenvalue weighted by Crippen LogP contribution is -2.40. The zero-order chi connectivity index (χ0) is 17.3. The van der Waals surface area contributed by atoms with E-state index in [2.05, 4.69) is 18.3 Å². The number of methoxy groups -OCH3 is 1. The second kappa shape index (κ2) is 6.51. The van der Waals surface area contributed by atoms with Crippen molar-refractivity contribution in [3.05, 3.63) is 59.4 Å². The van der Waals surface area contributed by atoms with Gasteiger partial charge in [-0.25, -0.2) is 9.18 Å². The van der Waals surface area contributed by atoms with Crippen LogP contribution < -0.4 is 15.0 Å². The van der Waals surface area contributed by atoms with Gasteiger partial charge in [0.05, 0.1) is 13.2 Å². The Morgan fingerprint density at radius 1 is 1.33 bits per heavy atom. The number of amides is 2. The molecular weight excluding hydrogens is 307 g/mol. The van der Waals surface area contributed by atoms with Crippen LogP contribution in [0.4, 0.5) is 14.9 Å². The van der Waals surface area contributed by atoms with Gasteiger partial charge in [0, 0.05) is 18.2 Å². The Kier molecular flexibility index (Phi) is 4.42. The molecule has 0 fully saturated rings. The highest BCUT2D eigenvalue weighted by atomic mass is 19.1. The molecule has 1 aliphatic heterocycles. The van der Waals surface area contributed by atoms with Gasteiger partial charge in [-0.3, -0.25) is 4.90 Å². The highest BCUT2D eigenvalue weighted by molar-refractivity contribution is 5.94. The normalized spacial score (nSPS) is 17.3. The molecule has 3 rings (SSSR count). The number of hydrogen-bond donors (Lipinski definition) is 1. The minimum absolute atomic E-state index is 0.171. The first-order chi connectivity index (χ1) is 11.5. The number of hydrogen-bond acceptors (Lipinski definition) is 2. The van der Waals surface area contributed by atoms with E-state index >= 15 is 0 Å². The average molecular weight is 328 g/mol. The Morgan fingerprint density at radius 2 is 2.08 bits per heavy atom. The highest BCUT2D eigenvalue weighted by Gasteiger charge is 2.30. The second-order valence-electron chi connectivity index (χ2n) is 6.14. The number of carbonyl (C=O) groups is 1. The first kappa shape index (κ1) is 16.3. The summed E-state index contributed by atoms with van der Waals surface area (Å²) in [5, 5.41) is 2.94. The molecule has 0 bridgehead atoms. The van der Waals surface area contributed by atoms with E-state index < -0.39 is 5.82 Å².